The van der Waals surface area contributed by atoms with Gasteiger partial charge >= 0.3 is 0 Å². The second-order valence-corrected chi connectivity index (χ2v) is 8.50. The molecule has 182 valence electrons. The van der Waals surface area contributed by atoms with Gasteiger partial charge in [0.1, 0.15) is 24.1 Å². The molecule has 3 aromatic carbocycles. The van der Waals surface area contributed by atoms with Crippen molar-refractivity contribution in [2.45, 2.75) is 33.4 Å². The van der Waals surface area contributed by atoms with Gasteiger partial charge in [0, 0.05) is 5.56 Å². The van der Waals surface area contributed by atoms with Crippen molar-refractivity contribution in [3.05, 3.63) is 95.1 Å². The summed E-state index contributed by atoms with van der Waals surface area (Å²) >= 11 is 0. The first-order valence-corrected chi connectivity index (χ1v) is 11.4. The predicted octanol–water partition coefficient (Wildman–Crippen LogP) is 4.49. The molecule has 0 radical (unpaired) electrons. The molecule has 0 spiro atoms. The lowest BCUT2D eigenvalue weighted by atomic mass is 10.0. The molecule has 0 fully saturated rings. The van der Waals surface area contributed by atoms with Crippen LogP contribution in [0.4, 0.5) is 0 Å². The first-order valence-electron chi connectivity index (χ1n) is 11.4. The first-order chi connectivity index (χ1) is 16.9. The molecule has 3 aromatic rings. The predicted molar refractivity (Wildman–Crippen MR) is 137 cm³/mol. The van der Waals surface area contributed by atoms with Crippen LogP contribution in [0.25, 0.3) is 0 Å². The van der Waals surface area contributed by atoms with E-state index in [1.54, 1.807) is 37.6 Å². The molecule has 0 heterocycles. The highest BCUT2D eigenvalue weighted by Crippen LogP contribution is 2.15. The monoisotopic (exact) mass is 473 g/mol. The Morgan fingerprint density at radius 3 is 2.29 bits per heavy atom. The van der Waals surface area contributed by atoms with Gasteiger partial charge < -0.3 is 14.8 Å². The summed E-state index contributed by atoms with van der Waals surface area (Å²) in [5.41, 5.74) is 6.07. The van der Waals surface area contributed by atoms with Crippen LogP contribution in [0.5, 0.6) is 11.5 Å². The van der Waals surface area contributed by atoms with Gasteiger partial charge in [-0.2, -0.15) is 5.10 Å². The van der Waals surface area contributed by atoms with Gasteiger partial charge in [-0.3, -0.25) is 9.59 Å². The maximum atomic E-state index is 12.7. The lowest BCUT2D eigenvalue weighted by molar-refractivity contribution is -0.123. The van der Waals surface area contributed by atoms with Gasteiger partial charge in [0.25, 0.3) is 11.8 Å². The Labute approximate surface area is 206 Å². The van der Waals surface area contributed by atoms with Crippen molar-refractivity contribution in [2.24, 2.45) is 11.0 Å². The summed E-state index contributed by atoms with van der Waals surface area (Å²) < 4.78 is 10.9. The van der Waals surface area contributed by atoms with Gasteiger partial charge in [0.15, 0.2) is 0 Å². The number of carbonyl (C=O) groups excluding carboxylic acids is 2. The third kappa shape index (κ3) is 7.71. The lowest BCUT2D eigenvalue weighted by Gasteiger charge is -2.20. The molecular formula is C28H31N3O4. The zero-order chi connectivity index (χ0) is 25.2. The van der Waals surface area contributed by atoms with E-state index in [1.165, 1.54) is 5.56 Å². The van der Waals surface area contributed by atoms with E-state index in [2.05, 4.69) is 34.9 Å². The summed E-state index contributed by atoms with van der Waals surface area (Å²) in [6.45, 7) is 6.26. The van der Waals surface area contributed by atoms with Crippen molar-refractivity contribution < 1.29 is 19.1 Å². The molecule has 0 aliphatic carbocycles. The summed E-state index contributed by atoms with van der Waals surface area (Å²) in [6, 6.07) is 21.5. The van der Waals surface area contributed by atoms with Crippen LogP contribution >= 0.6 is 0 Å². The Hall–Kier alpha value is -4.13. The van der Waals surface area contributed by atoms with E-state index in [1.807, 2.05) is 50.2 Å². The third-order valence-corrected chi connectivity index (χ3v) is 5.34. The number of nitrogens with zero attached hydrogens (tertiary/aromatic N) is 1. The van der Waals surface area contributed by atoms with Gasteiger partial charge in [-0.1, -0.05) is 43.7 Å². The number of carbonyl (C=O) groups is 2. The quantitative estimate of drug-likeness (QED) is 0.335. The molecule has 3 rings (SSSR count). The minimum atomic E-state index is -0.737. The smallest absolute Gasteiger partial charge is 0.262 e. The molecule has 0 saturated heterocycles. The van der Waals surface area contributed by atoms with Crippen molar-refractivity contribution in [3.63, 3.8) is 0 Å². The summed E-state index contributed by atoms with van der Waals surface area (Å²) in [6.07, 6.45) is 1.55. The molecule has 0 bridgehead atoms. The molecular weight excluding hydrogens is 442 g/mol. The average molecular weight is 474 g/mol. The van der Waals surface area contributed by atoms with Crippen molar-refractivity contribution in [2.75, 3.05) is 7.11 Å². The number of rotatable bonds is 10. The second kappa shape index (κ2) is 12.4. The minimum Gasteiger partial charge on any atom is -0.497 e. The fourth-order valence-electron chi connectivity index (χ4n) is 3.36. The summed E-state index contributed by atoms with van der Waals surface area (Å²) in [7, 11) is 1.56. The number of aryl methyl sites for hydroxylation is 1. The van der Waals surface area contributed by atoms with E-state index < -0.39 is 11.9 Å². The molecule has 7 heteroatoms. The topological polar surface area (TPSA) is 89.0 Å². The Balaban J connectivity index is 1.52. The van der Waals surface area contributed by atoms with E-state index in [4.69, 9.17) is 9.47 Å². The van der Waals surface area contributed by atoms with Gasteiger partial charge in [-0.15, -0.1) is 0 Å². The molecule has 35 heavy (non-hydrogen) atoms. The largest absolute Gasteiger partial charge is 0.497 e. The third-order valence-electron chi connectivity index (χ3n) is 5.34. The van der Waals surface area contributed by atoms with Crippen LogP contribution in [0, 0.1) is 12.8 Å². The van der Waals surface area contributed by atoms with Crippen LogP contribution < -0.4 is 20.2 Å². The van der Waals surface area contributed by atoms with Gasteiger partial charge in [-0.25, -0.2) is 5.43 Å². The highest BCUT2D eigenvalue weighted by molar-refractivity contribution is 5.97. The number of amides is 2. The molecule has 2 amide bonds. The molecule has 2 N–H and O–H groups in total. The molecule has 0 aliphatic heterocycles. The zero-order valence-corrected chi connectivity index (χ0v) is 20.4. The SMILES string of the molecule is COc1ccc(C(=O)NC(C(=O)NN=Cc2ccc(OCc3cccc(C)c3)cc2)C(C)C)cc1. The Morgan fingerprint density at radius 2 is 1.66 bits per heavy atom. The van der Waals surface area contributed by atoms with Crippen LogP contribution in [-0.4, -0.2) is 31.2 Å². The zero-order valence-electron chi connectivity index (χ0n) is 20.4. The van der Waals surface area contributed by atoms with Gasteiger partial charge in [0.2, 0.25) is 0 Å². The maximum absolute atomic E-state index is 12.7. The van der Waals surface area contributed by atoms with E-state index >= 15 is 0 Å². The van der Waals surface area contributed by atoms with E-state index in [0.29, 0.717) is 17.9 Å². The Kier molecular flexibility index (Phi) is 9.01. The number of hydrazone groups is 1. The highest BCUT2D eigenvalue weighted by Gasteiger charge is 2.24. The van der Waals surface area contributed by atoms with Crippen LogP contribution in [0.1, 0.15) is 40.9 Å². The molecule has 1 atom stereocenters. The van der Waals surface area contributed by atoms with Crippen molar-refractivity contribution in [1.29, 1.82) is 0 Å². The number of hydrogen-bond acceptors (Lipinski definition) is 5. The first kappa shape index (κ1) is 25.5. The van der Waals surface area contributed by atoms with Crippen molar-refractivity contribution in [3.8, 4) is 11.5 Å². The van der Waals surface area contributed by atoms with Gasteiger partial charge in [-0.05, 0) is 72.5 Å². The van der Waals surface area contributed by atoms with Gasteiger partial charge in [0.05, 0.1) is 13.3 Å². The van der Waals surface area contributed by atoms with Crippen molar-refractivity contribution in [1.82, 2.24) is 10.7 Å². The highest BCUT2D eigenvalue weighted by atomic mass is 16.5. The summed E-state index contributed by atoms with van der Waals surface area (Å²) in [4.78, 5) is 25.2. The molecule has 0 aliphatic rings. The summed E-state index contributed by atoms with van der Waals surface area (Å²) in [5, 5.41) is 6.82. The fourth-order valence-corrected chi connectivity index (χ4v) is 3.36. The average Bonchev–Trinajstić information content (AvgIpc) is 2.86. The van der Waals surface area contributed by atoms with E-state index in [0.717, 1.165) is 16.9 Å². The Bertz CT molecular complexity index is 1160. The number of methoxy groups -OCH3 is 1. The van der Waals surface area contributed by atoms with Crippen LogP contribution in [-0.2, 0) is 11.4 Å². The van der Waals surface area contributed by atoms with Crippen LogP contribution in [0.2, 0.25) is 0 Å². The lowest BCUT2D eigenvalue weighted by Crippen LogP contribution is -2.48. The molecule has 0 aromatic heterocycles. The van der Waals surface area contributed by atoms with Crippen LogP contribution in [0.15, 0.2) is 77.9 Å². The maximum Gasteiger partial charge on any atom is 0.262 e. The Morgan fingerprint density at radius 1 is 0.971 bits per heavy atom. The second-order valence-electron chi connectivity index (χ2n) is 8.50. The molecule has 1 unspecified atom stereocenters. The number of nitrogens with one attached hydrogen (secondary N) is 2. The standard InChI is InChI=1S/C28H31N3O4/c1-19(2)26(30-27(32)23-10-14-24(34-4)15-11-23)28(33)31-29-17-21-8-12-25(13-9-21)35-18-22-7-5-6-20(3)16-22/h5-17,19,26H,18H2,1-4H3,(H,30,32)(H,31,33). The number of benzene rings is 3. The molecule has 7 nitrogen and oxygen atoms in total. The van der Waals surface area contributed by atoms with Crippen molar-refractivity contribution >= 4 is 18.0 Å². The number of ether oxygens (including phenoxy) is 2. The van der Waals surface area contributed by atoms with E-state index in [9.17, 15) is 9.59 Å². The fraction of sp³-hybridized carbons (Fsp3) is 0.250. The van der Waals surface area contributed by atoms with Crippen LogP contribution in [0.3, 0.4) is 0 Å². The molecule has 0 saturated carbocycles. The number of hydrogen-bond donors (Lipinski definition) is 2. The normalized spacial score (nSPS) is 11.8. The van der Waals surface area contributed by atoms with E-state index in [-0.39, 0.29) is 11.8 Å². The minimum absolute atomic E-state index is 0.128. The summed E-state index contributed by atoms with van der Waals surface area (Å²) in [5.74, 6) is 0.536.